The molecule has 0 bridgehead atoms. The number of hydrogen-bond donors (Lipinski definition) is 0. The molecule has 4 nitrogen and oxygen atoms in total. The summed E-state index contributed by atoms with van der Waals surface area (Å²) >= 11 is 1.46. The van der Waals surface area contributed by atoms with Crippen molar-refractivity contribution in [3.63, 3.8) is 0 Å². The summed E-state index contributed by atoms with van der Waals surface area (Å²) in [5.41, 5.74) is 4.75. The number of carbonyl (C=O) groups excluding carboxylic acids is 1. The first-order chi connectivity index (χ1) is 13.1. The molecule has 0 fully saturated rings. The maximum atomic E-state index is 12.9. The fraction of sp³-hybridized carbons (Fsp3) is 0.136. The van der Waals surface area contributed by atoms with Gasteiger partial charge in [0.15, 0.2) is 5.78 Å². The summed E-state index contributed by atoms with van der Waals surface area (Å²) in [6.07, 6.45) is 1.55. The molecule has 0 amide bonds. The Labute approximate surface area is 162 Å². The third kappa shape index (κ3) is 3.38. The van der Waals surface area contributed by atoms with Crippen LogP contribution in [-0.4, -0.2) is 26.1 Å². The van der Waals surface area contributed by atoms with Crippen molar-refractivity contribution in [2.75, 3.05) is 5.75 Å². The number of benzene rings is 2. The second-order valence-corrected chi connectivity index (χ2v) is 7.33. The van der Waals surface area contributed by atoms with E-state index in [0.717, 1.165) is 38.6 Å². The van der Waals surface area contributed by atoms with Gasteiger partial charge in [0.05, 0.1) is 11.3 Å². The highest BCUT2D eigenvalue weighted by Crippen LogP contribution is 2.27. The minimum Gasteiger partial charge on any atom is -0.318 e. The molecule has 4 aromatic rings. The van der Waals surface area contributed by atoms with Crippen LogP contribution in [0.1, 0.15) is 21.7 Å². The third-order valence-electron chi connectivity index (χ3n) is 4.59. The van der Waals surface area contributed by atoms with Crippen molar-refractivity contribution in [2.45, 2.75) is 18.9 Å². The summed E-state index contributed by atoms with van der Waals surface area (Å²) in [5.74, 6) is 0.457. The van der Waals surface area contributed by atoms with Crippen LogP contribution in [0.3, 0.4) is 0 Å². The van der Waals surface area contributed by atoms with E-state index in [2.05, 4.69) is 26.7 Å². The van der Waals surface area contributed by atoms with Crippen LogP contribution in [0.2, 0.25) is 0 Å². The molecule has 27 heavy (non-hydrogen) atoms. The van der Waals surface area contributed by atoms with E-state index < -0.39 is 0 Å². The van der Waals surface area contributed by atoms with Gasteiger partial charge in [-0.3, -0.25) is 4.79 Å². The van der Waals surface area contributed by atoms with Gasteiger partial charge in [0.25, 0.3) is 0 Å². The van der Waals surface area contributed by atoms with E-state index in [9.17, 15) is 4.79 Å². The Kier molecular flexibility index (Phi) is 4.77. The van der Waals surface area contributed by atoms with Gasteiger partial charge in [0, 0.05) is 28.0 Å². The Morgan fingerprint density at radius 2 is 1.74 bits per heavy atom. The van der Waals surface area contributed by atoms with Crippen LogP contribution in [0.25, 0.3) is 16.6 Å². The average Bonchev–Trinajstić information content (AvgIpc) is 3.01. The van der Waals surface area contributed by atoms with Crippen LogP contribution in [0.4, 0.5) is 0 Å². The molecule has 2 aromatic carbocycles. The molecule has 0 spiro atoms. The third-order valence-corrected chi connectivity index (χ3v) is 5.60. The van der Waals surface area contributed by atoms with E-state index in [1.807, 2.05) is 62.4 Å². The molecule has 0 saturated carbocycles. The fourth-order valence-electron chi connectivity index (χ4n) is 3.33. The highest BCUT2D eigenvalue weighted by Gasteiger charge is 2.17. The van der Waals surface area contributed by atoms with Crippen LogP contribution in [0.5, 0.6) is 0 Å². The highest BCUT2D eigenvalue weighted by atomic mass is 32.2. The van der Waals surface area contributed by atoms with E-state index in [1.54, 1.807) is 6.33 Å². The first kappa shape index (κ1) is 17.5. The summed E-state index contributed by atoms with van der Waals surface area (Å²) in [6.45, 7) is 4.03. The lowest BCUT2D eigenvalue weighted by Gasteiger charge is -2.09. The summed E-state index contributed by atoms with van der Waals surface area (Å²) in [6, 6.07) is 19.9. The number of thioether (sulfide) groups is 1. The quantitative estimate of drug-likeness (QED) is 0.280. The SMILES string of the molecule is Cc1cc(C(=O)CSc2ncnc3ccccc23)c(C)n1-c1ccccc1. The van der Waals surface area contributed by atoms with E-state index in [1.165, 1.54) is 11.8 Å². The Bertz CT molecular complexity index is 1110. The zero-order valence-corrected chi connectivity index (χ0v) is 16.0. The van der Waals surface area contributed by atoms with Crippen LogP contribution < -0.4 is 0 Å². The maximum absolute atomic E-state index is 12.9. The van der Waals surface area contributed by atoms with Crippen LogP contribution in [-0.2, 0) is 0 Å². The van der Waals surface area contributed by atoms with Crippen molar-refractivity contribution in [3.05, 3.63) is 83.9 Å². The van der Waals surface area contributed by atoms with E-state index >= 15 is 0 Å². The van der Waals surface area contributed by atoms with Crippen LogP contribution in [0, 0.1) is 13.8 Å². The van der Waals surface area contributed by atoms with Crippen molar-refractivity contribution < 1.29 is 4.79 Å². The zero-order chi connectivity index (χ0) is 18.8. The number of para-hydroxylation sites is 2. The molecule has 0 aliphatic rings. The lowest BCUT2D eigenvalue weighted by Crippen LogP contribution is -2.06. The molecule has 0 atom stereocenters. The van der Waals surface area contributed by atoms with Gasteiger partial charge in [-0.25, -0.2) is 9.97 Å². The number of ketones is 1. The van der Waals surface area contributed by atoms with Gasteiger partial charge in [-0.2, -0.15) is 0 Å². The first-order valence-corrected chi connectivity index (χ1v) is 9.74. The van der Waals surface area contributed by atoms with Gasteiger partial charge in [0.1, 0.15) is 11.4 Å². The Balaban J connectivity index is 1.59. The monoisotopic (exact) mass is 373 g/mol. The molecule has 2 heterocycles. The van der Waals surface area contributed by atoms with Crippen LogP contribution in [0.15, 0.2) is 72.0 Å². The predicted octanol–water partition coefficient (Wildman–Crippen LogP) is 5.01. The van der Waals surface area contributed by atoms with E-state index in [-0.39, 0.29) is 5.78 Å². The topological polar surface area (TPSA) is 47.8 Å². The summed E-state index contributed by atoms with van der Waals surface area (Å²) in [4.78, 5) is 21.5. The van der Waals surface area contributed by atoms with Crippen molar-refractivity contribution in [3.8, 4) is 5.69 Å². The number of carbonyl (C=O) groups is 1. The summed E-state index contributed by atoms with van der Waals surface area (Å²) in [7, 11) is 0. The number of hydrogen-bond acceptors (Lipinski definition) is 4. The lowest BCUT2D eigenvalue weighted by molar-refractivity contribution is 0.102. The first-order valence-electron chi connectivity index (χ1n) is 8.75. The van der Waals surface area contributed by atoms with Crippen molar-refractivity contribution in [1.29, 1.82) is 0 Å². The van der Waals surface area contributed by atoms with Gasteiger partial charge in [-0.1, -0.05) is 48.2 Å². The van der Waals surface area contributed by atoms with E-state index in [0.29, 0.717) is 5.75 Å². The Morgan fingerprint density at radius 1 is 1.00 bits per heavy atom. The number of Topliss-reactive ketones (excluding diaryl/α,β-unsaturated/α-hetero) is 1. The number of fused-ring (bicyclic) bond motifs is 1. The number of rotatable bonds is 5. The second-order valence-electron chi connectivity index (χ2n) is 6.36. The predicted molar refractivity (Wildman–Crippen MR) is 110 cm³/mol. The molecule has 0 aliphatic heterocycles. The lowest BCUT2D eigenvalue weighted by atomic mass is 10.2. The van der Waals surface area contributed by atoms with Gasteiger partial charge >= 0.3 is 0 Å². The Morgan fingerprint density at radius 3 is 2.56 bits per heavy atom. The molecular formula is C22H19N3OS. The minimum atomic E-state index is 0.109. The fourth-order valence-corrected chi connectivity index (χ4v) is 4.20. The number of aryl methyl sites for hydroxylation is 1. The molecule has 5 heteroatoms. The van der Waals surface area contributed by atoms with Crippen LogP contribution >= 0.6 is 11.8 Å². The number of nitrogens with zero attached hydrogens (tertiary/aromatic N) is 3. The second kappa shape index (κ2) is 7.37. The standard InChI is InChI=1S/C22H19N3OS/c1-15-12-19(16(2)25(15)17-8-4-3-5-9-17)21(26)13-27-22-18-10-6-7-11-20(18)23-14-24-22/h3-12,14H,13H2,1-2H3. The average molecular weight is 373 g/mol. The molecule has 0 radical (unpaired) electrons. The minimum absolute atomic E-state index is 0.109. The zero-order valence-electron chi connectivity index (χ0n) is 15.2. The number of aromatic nitrogens is 3. The van der Waals surface area contributed by atoms with Gasteiger partial charge in [-0.05, 0) is 38.1 Å². The molecule has 0 aliphatic carbocycles. The van der Waals surface area contributed by atoms with Crippen molar-refractivity contribution >= 4 is 28.4 Å². The van der Waals surface area contributed by atoms with Gasteiger partial charge in [-0.15, -0.1) is 0 Å². The molecule has 0 unspecified atom stereocenters. The normalized spacial score (nSPS) is 11.0. The largest absolute Gasteiger partial charge is 0.318 e. The van der Waals surface area contributed by atoms with Gasteiger partial charge in [0.2, 0.25) is 0 Å². The molecule has 0 N–H and O–H groups in total. The Hall–Kier alpha value is -2.92. The summed E-state index contributed by atoms with van der Waals surface area (Å²) < 4.78 is 2.12. The molecule has 0 saturated heterocycles. The van der Waals surface area contributed by atoms with E-state index in [4.69, 9.17) is 0 Å². The smallest absolute Gasteiger partial charge is 0.174 e. The highest BCUT2D eigenvalue weighted by molar-refractivity contribution is 8.00. The van der Waals surface area contributed by atoms with Crippen molar-refractivity contribution in [2.24, 2.45) is 0 Å². The molecular weight excluding hydrogens is 354 g/mol. The van der Waals surface area contributed by atoms with Crippen molar-refractivity contribution in [1.82, 2.24) is 14.5 Å². The summed E-state index contributed by atoms with van der Waals surface area (Å²) in [5, 5.41) is 1.82. The molecule has 2 aromatic heterocycles. The molecule has 134 valence electrons. The van der Waals surface area contributed by atoms with Gasteiger partial charge < -0.3 is 4.57 Å². The molecule has 4 rings (SSSR count). The maximum Gasteiger partial charge on any atom is 0.174 e.